The molecule has 7 nitrogen and oxygen atoms in total. The van der Waals surface area contributed by atoms with E-state index in [1.165, 1.54) is 12.7 Å². The van der Waals surface area contributed by atoms with Gasteiger partial charge in [0, 0.05) is 19.6 Å². The normalized spacial score (nSPS) is 13.2. The summed E-state index contributed by atoms with van der Waals surface area (Å²) in [5.41, 5.74) is 3.17. The molecule has 0 unspecified atom stereocenters. The van der Waals surface area contributed by atoms with Crippen LogP contribution in [0.25, 0.3) is 0 Å². The Morgan fingerprint density at radius 2 is 1.70 bits per heavy atom. The largest absolute Gasteiger partial charge is 0.504 e. The van der Waals surface area contributed by atoms with Gasteiger partial charge >= 0.3 is 0 Å². The number of phenols is 1. The molecule has 0 saturated heterocycles. The minimum atomic E-state index is 0. The molecule has 33 heavy (non-hydrogen) atoms. The number of likely N-dealkylation sites (N-methyl/N-ethyl adjacent to an activating group) is 1. The second-order valence-corrected chi connectivity index (χ2v) is 8.20. The predicted octanol–water partition coefficient (Wildman–Crippen LogP) is 3.33. The van der Waals surface area contributed by atoms with Crippen LogP contribution in [0.1, 0.15) is 23.1 Å². The molecule has 2 aromatic rings. The van der Waals surface area contributed by atoms with Crippen molar-refractivity contribution in [3.05, 3.63) is 47.0 Å². The Hall–Kier alpha value is -2.64. The van der Waals surface area contributed by atoms with Gasteiger partial charge in [-0.1, -0.05) is 6.07 Å². The summed E-state index contributed by atoms with van der Waals surface area (Å²) in [6.07, 6.45) is 2.92. The molecule has 1 heterocycles. The van der Waals surface area contributed by atoms with Crippen LogP contribution in [0.2, 0.25) is 0 Å². The fourth-order valence-corrected chi connectivity index (χ4v) is 4.11. The van der Waals surface area contributed by atoms with Crippen molar-refractivity contribution in [2.45, 2.75) is 25.7 Å². The highest BCUT2D eigenvalue weighted by atomic mass is 35.5. The van der Waals surface area contributed by atoms with E-state index in [4.69, 9.17) is 14.2 Å². The molecular formula is C25H35ClN2O5. The SMILES string of the molecule is COc1cc2c(cc1O)CCN(CCCN(C)CCc1ccc(OC)c(OC)c1)C(=O)C2.Cl. The van der Waals surface area contributed by atoms with Crippen LogP contribution in [0.3, 0.4) is 0 Å². The van der Waals surface area contributed by atoms with Crippen LogP contribution >= 0.6 is 12.4 Å². The quantitative estimate of drug-likeness (QED) is 0.564. The first-order chi connectivity index (χ1) is 15.4. The van der Waals surface area contributed by atoms with Gasteiger partial charge in [-0.15, -0.1) is 12.4 Å². The minimum absolute atomic E-state index is 0. The number of hydrogen-bond donors (Lipinski definition) is 1. The maximum atomic E-state index is 12.7. The lowest BCUT2D eigenvalue weighted by Gasteiger charge is -2.23. The van der Waals surface area contributed by atoms with Gasteiger partial charge in [0.1, 0.15) is 0 Å². The van der Waals surface area contributed by atoms with Gasteiger partial charge in [0.25, 0.3) is 0 Å². The summed E-state index contributed by atoms with van der Waals surface area (Å²) in [5, 5.41) is 10.0. The Morgan fingerprint density at radius 3 is 2.39 bits per heavy atom. The molecule has 3 rings (SSSR count). The van der Waals surface area contributed by atoms with Crippen LogP contribution in [0.4, 0.5) is 0 Å². The van der Waals surface area contributed by atoms with Crippen LogP contribution in [0, 0.1) is 0 Å². The van der Waals surface area contributed by atoms with E-state index in [1.807, 2.05) is 17.0 Å². The average molecular weight is 479 g/mol. The van der Waals surface area contributed by atoms with Crippen LogP contribution in [-0.4, -0.2) is 75.4 Å². The molecule has 1 amide bonds. The molecule has 182 valence electrons. The molecule has 0 atom stereocenters. The topological polar surface area (TPSA) is 71.5 Å². The molecule has 8 heteroatoms. The molecule has 1 N–H and O–H groups in total. The average Bonchev–Trinajstić information content (AvgIpc) is 2.94. The Morgan fingerprint density at radius 1 is 0.970 bits per heavy atom. The zero-order chi connectivity index (χ0) is 23.1. The Balaban J connectivity index is 0.00000385. The fraction of sp³-hybridized carbons (Fsp3) is 0.480. The lowest BCUT2D eigenvalue weighted by molar-refractivity contribution is -0.130. The number of aromatic hydroxyl groups is 1. The third-order valence-electron chi connectivity index (χ3n) is 6.04. The number of benzene rings is 2. The van der Waals surface area contributed by atoms with Crippen molar-refractivity contribution in [3.8, 4) is 23.0 Å². The van der Waals surface area contributed by atoms with Crippen molar-refractivity contribution in [3.63, 3.8) is 0 Å². The van der Waals surface area contributed by atoms with Crippen molar-refractivity contribution in [2.75, 3.05) is 54.6 Å². The lowest BCUT2D eigenvalue weighted by Crippen LogP contribution is -2.35. The van der Waals surface area contributed by atoms with Gasteiger partial charge in [0.2, 0.25) is 5.91 Å². The fourth-order valence-electron chi connectivity index (χ4n) is 4.11. The highest BCUT2D eigenvalue weighted by Crippen LogP contribution is 2.31. The van der Waals surface area contributed by atoms with Gasteiger partial charge < -0.3 is 29.1 Å². The number of methoxy groups -OCH3 is 3. The van der Waals surface area contributed by atoms with Crippen LogP contribution in [-0.2, 0) is 24.1 Å². The number of nitrogens with zero attached hydrogens (tertiary/aromatic N) is 2. The molecule has 0 fully saturated rings. The number of phenolic OH excluding ortho intramolecular Hbond substituents is 1. The molecule has 0 saturated carbocycles. The lowest BCUT2D eigenvalue weighted by atomic mass is 10.0. The second-order valence-electron chi connectivity index (χ2n) is 8.20. The third kappa shape index (κ3) is 6.92. The monoisotopic (exact) mass is 478 g/mol. The molecule has 1 aliphatic heterocycles. The summed E-state index contributed by atoms with van der Waals surface area (Å²) >= 11 is 0. The Bertz CT molecular complexity index is 937. The third-order valence-corrected chi connectivity index (χ3v) is 6.04. The first kappa shape index (κ1) is 26.6. The first-order valence-electron chi connectivity index (χ1n) is 11.0. The standard InChI is InChI=1S/C25H34N2O5.ClH/c1-26(12-8-18-6-7-22(30-2)24(14-18)32-4)10-5-11-27-13-9-19-15-21(28)23(31-3)16-20(19)17-25(27)29;/h6-7,14-16,28H,5,8-13,17H2,1-4H3;1H. The number of hydrogen-bond acceptors (Lipinski definition) is 6. The Labute approximate surface area is 202 Å². The summed E-state index contributed by atoms with van der Waals surface area (Å²) in [5.74, 6) is 2.16. The van der Waals surface area contributed by atoms with E-state index in [-0.39, 0.29) is 24.1 Å². The van der Waals surface area contributed by atoms with Crippen molar-refractivity contribution in [1.82, 2.24) is 9.80 Å². The number of carbonyl (C=O) groups is 1. The van der Waals surface area contributed by atoms with E-state index in [0.29, 0.717) is 18.7 Å². The van der Waals surface area contributed by atoms with Gasteiger partial charge in [0.05, 0.1) is 27.8 Å². The van der Waals surface area contributed by atoms with E-state index >= 15 is 0 Å². The molecule has 1 aliphatic rings. The van der Waals surface area contributed by atoms with Gasteiger partial charge in [-0.3, -0.25) is 4.79 Å². The van der Waals surface area contributed by atoms with Crippen LogP contribution < -0.4 is 14.2 Å². The highest BCUT2D eigenvalue weighted by Gasteiger charge is 2.22. The van der Waals surface area contributed by atoms with E-state index in [9.17, 15) is 9.90 Å². The molecule has 0 radical (unpaired) electrons. The minimum Gasteiger partial charge on any atom is -0.504 e. The molecule has 0 spiro atoms. The number of carbonyl (C=O) groups excluding carboxylic acids is 1. The molecule has 0 aliphatic carbocycles. The number of rotatable bonds is 10. The highest BCUT2D eigenvalue weighted by molar-refractivity contribution is 5.85. The summed E-state index contributed by atoms with van der Waals surface area (Å²) < 4.78 is 15.9. The molecule has 0 aromatic heterocycles. The van der Waals surface area contributed by atoms with Gasteiger partial charge in [0.15, 0.2) is 23.0 Å². The van der Waals surface area contributed by atoms with Crippen LogP contribution in [0.5, 0.6) is 23.0 Å². The van der Waals surface area contributed by atoms with E-state index in [0.717, 1.165) is 61.5 Å². The molecule has 2 aromatic carbocycles. The molecule has 0 bridgehead atoms. The zero-order valence-electron chi connectivity index (χ0n) is 19.9. The maximum Gasteiger partial charge on any atom is 0.227 e. The van der Waals surface area contributed by atoms with Gasteiger partial charge in [-0.05, 0) is 73.8 Å². The van der Waals surface area contributed by atoms with Gasteiger partial charge in [-0.25, -0.2) is 0 Å². The van der Waals surface area contributed by atoms with Gasteiger partial charge in [-0.2, -0.15) is 0 Å². The Kier molecular flexibility index (Phi) is 10.1. The summed E-state index contributed by atoms with van der Waals surface area (Å²) in [6.45, 7) is 3.25. The van der Waals surface area contributed by atoms with Crippen LogP contribution in [0.15, 0.2) is 30.3 Å². The number of amides is 1. The van der Waals surface area contributed by atoms with Crippen molar-refractivity contribution in [2.24, 2.45) is 0 Å². The summed E-state index contributed by atoms with van der Waals surface area (Å²) in [7, 11) is 6.92. The van der Waals surface area contributed by atoms with Crippen molar-refractivity contribution in [1.29, 1.82) is 0 Å². The van der Waals surface area contributed by atoms with Crippen molar-refractivity contribution >= 4 is 18.3 Å². The van der Waals surface area contributed by atoms with E-state index in [2.05, 4.69) is 18.0 Å². The number of ether oxygens (including phenoxy) is 3. The first-order valence-corrected chi connectivity index (χ1v) is 11.0. The molecular weight excluding hydrogens is 444 g/mol. The number of fused-ring (bicyclic) bond motifs is 1. The summed E-state index contributed by atoms with van der Waals surface area (Å²) in [6, 6.07) is 9.54. The summed E-state index contributed by atoms with van der Waals surface area (Å²) in [4.78, 5) is 17.0. The second kappa shape index (κ2) is 12.6. The smallest absolute Gasteiger partial charge is 0.227 e. The van der Waals surface area contributed by atoms with Crippen molar-refractivity contribution < 1.29 is 24.1 Å². The van der Waals surface area contributed by atoms with E-state index < -0.39 is 0 Å². The van der Waals surface area contributed by atoms with E-state index in [1.54, 1.807) is 26.4 Å². The maximum absolute atomic E-state index is 12.7. The predicted molar refractivity (Wildman–Crippen MR) is 131 cm³/mol. The zero-order valence-corrected chi connectivity index (χ0v) is 20.7. The number of halogens is 1.